The minimum atomic E-state index is -0.778. The third kappa shape index (κ3) is 3.41. The number of nitrogens with one attached hydrogen (secondary N) is 1. The number of aryl methyl sites for hydroxylation is 1. The first-order valence-corrected chi connectivity index (χ1v) is 8.71. The van der Waals surface area contributed by atoms with E-state index in [9.17, 15) is 10.1 Å². The molecular formula is C16H18N6OS. The fraction of sp³-hybridized carbons (Fsp3) is 0.438. The SMILES string of the molecule is Cc1ccccc1-n1nnnc1SCC(=O)N[C@](C)(C#N)C1CC1. The number of hydrogen-bond donors (Lipinski definition) is 1. The number of carbonyl (C=O) groups excluding carboxylic acids is 1. The molecule has 8 heteroatoms. The molecule has 0 spiro atoms. The van der Waals surface area contributed by atoms with Crippen LogP contribution in [-0.2, 0) is 4.79 Å². The van der Waals surface area contributed by atoms with Crippen molar-refractivity contribution in [3.63, 3.8) is 0 Å². The highest BCUT2D eigenvalue weighted by molar-refractivity contribution is 7.99. The van der Waals surface area contributed by atoms with Gasteiger partial charge in [0.25, 0.3) is 0 Å². The van der Waals surface area contributed by atoms with Crippen molar-refractivity contribution in [2.24, 2.45) is 5.92 Å². The van der Waals surface area contributed by atoms with E-state index < -0.39 is 5.54 Å². The van der Waals surface area contributed by atoms with Gasteiger partial charge in [0.1, 0.15) is 5.54 Å². The van der Waals surface area contributed by atoms with Crippen molar-refractivity contribution in [3.05, 3.63) is 29.8 Å². The number of thioether (sulfide) groups is 1. The van der Waals surface area contributed by atoms with Crippen LogP contribution in [0.4, 0.5) is 0 Å². The van der Waals surface area contributed by atoms with Gasteiger partial charge in [-0.05, 0) is 54.7 Å². The van der Waals surface area contributed by atoms with Gasteiger partial charge in [0.05, 0.1) is 17.5 Å². The van der Waals surface area contributed by atoms with Crippen molar-refractivity contribution in [2.75, 3.05) is 5.75 Å². The average molecular weight is 342 g/mol. The Morgan fingerprint density at radius 1 is 1.50 bits per heavy atom. The largest absolute Gasteiger partial charge is 0.337 e. The van der Waals surface area contributed by atoms with Crippen LogP contribution in [0.5, 0.6) is 0 Å². The Labute approximate surface area is 144 Å². The van der Waals surface area contributed by atoms with Gasteiger partial charge in [-0.25, -0.2) is 0 Å². The monoisotopic (exact) mass is 342 g/mol. The summed E-state index contributed by atoms with van der Waals surface area (Å²) in [7, 11) is 0. The van der Waals surface area contributed by atoms with E-state index in [2.05, 4.69) is 26.9 Å². The molecule has 0 saturated heterocycles. The number of nitriles is 1. The van der Waals surface area contributed by atoms with Gasteiger partial charge < -0.3 is 5.32 Å². The number of nitrogens with zero attached hydrogens (tertiary/aromatic N) is 5. The number of hydrogen-bond acceptors (Lipinski definition) is 6. The van der Waals surface area contributed by atoms with Crippen LogP contribution in [0.15, 0.2) is 29.4 Å². The predicted molar refractivity (Wildman–Crippen MR) is 89.5 cm³/mol. The van der Waals surface area contributed by atoms with Crippen LogP contribution in [0.1, 0.15) is 25.3 Å². The molecule has 0 unspecified atom stereocenters. The van der Waals surface area contributed by atoms with E-state index in [0.29, 0.717) is 5.16 Å². The van der Waals surface area contributed by atoms with E-state index >= 15 is 0 Å². The molecule has 0 aliphatic heterocycles. The highest BCUT2D eigenvalue weighted by Gasteiger charge is 2.42. The van der Waals surface area contributed by atoms with Crippen molar-refractivity contribution < 1.29 is 4.79 Å². The summed E-state index contributed by atoms with van der Waals surface area (Å²) in [5.41, 5.74) is 1.15. The maximum absolute atomic E-state index is 12.2. The number of amides is 1. The van der Waals surface area contributed by atoms with Crippen molar-refractivity contribution in [3.8, 4) is 11.8 Å². The van der Waals surface area contributed by atoms with Gasteiger partial charge in [-0.2, -0.15) is 9.94 Å². The molecule has 1 aromatic carbocycles. The number of tetrazole rings is 1. The third-order valence-electron chi connectivity index (χ3n) is 4.14. The average Bonchev–Trinajstić information content (AvgIpc) is 3.33. The lowest BCUT2D eigenvalue weighted by molar-refractivity contribution is -0.119. The van der Waals surface area contributed by atoms with Gasteiger partial charge in [-0.15, -0.1) is 5.10 Å². The zero-order chi connectivity index (χ0) is 17.2. The smallest absolute Gasteiger partial charge is 0.231 e. The fourth-order valence-corrected chi connectivity index (χ4v) is 3.24. The minimum absolute atomic E-state index is 0.163. The van der Waals surface area contributed by atoms with Gasteiger partial charge in [0, 0.05) is 0 Å². The van der Waals surface area contributed by atoms with E-state index in [-0.39, 0.29) is 17.6 Å². The third-order valence-corrected chi connectivity index (χ3v) is 5.06. The molecule has 1 atom stereocenters. The van der Waals surface area contributed by atoms with E-state index in [4.69, 9.17) is 0 Å². The van der Waals surface area contributed by atoms with Crippen LogP contribution < -0.4 is 5.32 Å². The van der Waals surface area contributed by atoms with Crippen molar-refractivity contribution in [1.82, 2.24) is 25.5 Å². The van der Waals surface area contributed by atoms with Gasteiger partial charge in [-0.1, -0.05) is 30.0 Å². The molecule has 3 rings (SSSR count). The summed E-state index contributed by atoms with van der Waals surface area (Å²) in [6, 6.07) is 9.99. The van der Waals surface area contributed by atoms with Crippen molar-refractivity contribution >= 4 is 17.7 Å². The first-order valence-electron chi connectivity index (χ1n) is 7.73. The number of aromatic nitrogens is 4. The summed E-state index contributed by atoms with van der Waals surface area (Å²) >= 11 is 1.25. The Hall–Kier alpha value is -2.40. The number of para-hydroxylation sites is 1. The summed E-state index contributed by atoms with van der Waals surface area (Å²) in [6.07, 6.45) is 1.98. The topological polar surface area (TPSA) is 96.5 Å². The summed E-state index contributed by atoms with van der Waals surface area (Å²) in [6.45, 7) is 3.76. The first-order chi connectivity index (χ1) is 11.5. The Morgan fingerprint density at radius 3 is 2.92 bits per heavy atom. The van der Waals surface area contributed by atoms with Gasteiger partial charge >= 0.3 is 0 Å². The Balaban J connectivity index is 1.66. The summed E-state index contributed by atoms with van der Waals surface area (Å²) in [5, 5.41) is 24.4. The molecule has 1 aromatic heterocycles. The van der Waals surface area contributed by atoms with Gasteiger partial charge in [0.15, 0.2) is 0 Å². The zero-order valence-corrected chi connectivity index (χ0v) is 14.4. The second-order valence-electron chi connectivity index (χ2n) is 6.09. The van der Waals surface area contributed by atoms with Crippen LogP contribution in [0.2, 0.25) is 0 Å². The normalized spacial score (nSPS) is 16.2. The minimum Gasteiger partial charge on any atom is -0.337 e. The quantitative estimate of drug-likeness (QED) is 0.805. The second-order valence-corrected chi connectivity index (χ2v) is 7.03. The lowest BCUT2D eigenvalue weighted by atomic mass is 9.98. The van der Waals surface area contributed by atoms with Crippen LogP contribution >= 0.6 is 11.8 Å². The van der Waals surface area contributed by atoms with Crippen LogP contribution in [0.3, 0.4) is 0 Å². The zero-order valence-electron chi connectivity index (χ0n) is 13.6. The first kappa shape index (κ1) is 16.5. The van der Waals surface area contributed by atoms with Crippen molar-refractivity contribution in [1.29, 1.82) is 5.26 Å². The van der Waals surface area contributed by atoms with Crippen molar-refractivity contribution in [2.45, 2.75) is 37.4 Å². The predicted octanol–water partition coefficient (Wildman–Crippen LogP) is 1.87. The van der Waals surface area contributed by atoms with Gasteiger partial charge in [0.2, 0.25) is 11.1 Å². The van der Waals surface area contributed by atoms with Crippen LogP contribution in [0.25, 0.3) is 5.69 Å². The Morgan fingerprint density at radius 2 is 2.25 bits per heavy atom. The molecule has 0 radical (unpaired) electrons. The summed E-state index contributed by atoms with van der Waals surface area (Å²) in [4.78, 5) is 12.2. The van der Waals surface area contributed by atoms with Gasteiger partial charge in [-0.3, -0.25) is 4.79 Å². The lowest BCUT2D eigenvalue weighted by Gasteiger charge is -2.22. The summed E-state index contributed by atoms with van der Waals surface area (Å²) in [5.74, 6) is 0.236. The highest BCUT2D eigenvalue weighted by atomic mass is 32.2. The molecule has 1 fully saturated rings. The molecule has 1 amide bonds. The Bertz CT molecular complexity index is 794. The molecule has 0 bridgehead atoms. The standard InChI is InChI=1S/C16H18N6OS/c1-11-5-3-4-6-13(11)22-15(19-20-21-22)24-9-14(23)18-16(2,10-17)12-7-8-12/h3-6,12H,7-9H2,1-2H3,(H,18,23)/t16-/m1/s1. The lowest BCUT2D eigenvalue weighted by Crippen LogP contribution is -2.47. The molecule has 24 heavy (non-hydrogen) atoms. The maximum Gasteiger partial charge on any atom is 0.231 e. The van der Waals surface area contributed by atoms with E-state index in [0.717, 1.165) is 24.1 Å². The highest BCUT2D eigenvalue weighted by Crippen LogP contribution is 2.39. The number of benzene rings is 1. The molecule has 124 valence electrons. The number of rotatable bonds is 6. The van der Waals surface area contributed by atoms with E-state index in [1.807, 2.05) is 31.2 Å². The van der Waals surface area contributed by atoms with E-state index in [1.165, 1.54) is 11.8 Å². The maximum atomic E-state index is 12.2. The molecule has 1 aliphatic carbocycles. The molecule has 2 aromatic rings. The van der Waals surface area contributed by atoms with E-state index in [1.54, 1.807) is 11.6 Å². The molecule has 1 N–H and O–H groups in total. The molecular weight excluding hydrogens is 324 g/mol. The Kier molecular flexibility index (Phi) is 4.53. The van der Waals surface area contributed by atoms with Crippen LogP contribution in [0, 0.1) is 24.2 Å². The fourth-order valence-electron chi connectivity index (χ4n) is 2.56. The van der Waals surface area contributed by atoms with Crippen LogP contribution in [-0.4, -0.2) is 37.4 Å². The molecule has 1 heterocycles. The molecule has 1 aliphatic rings. The summed E-state index contributed by atoms with van der Waals surface area (Å²) < 4.78 is 1.62. The molecule has 1 saturated carbocycles. The second kappa shape index (κ2) is 6.61. The number of carbonyl (C=O) groups is 1. The molecule has 7 nitrogen and oxygen atoms in total.